The summed E-state index contributed by atoms with van der Waals surface area (Å²) >= 11 is 0. The van der Waals surface area contributed by atoms with Gasteiger partial charge >= 0.3 is 5.97 Å². The Balaban J connectivity index is 1.07. The highest BCUT2D eigenvalue weighted by molar-refractivity contribution is 5.92. The standard InChI is InChI=1S/C35H27F2N7O4/c1-43-18-21(15-40-43)5-7-24-16-39-25(17-38-24)20-48-34-4-2-3-30(42-34)27-14-28(36)23(11-29(27)37)13-33-41-31-8-6-22(35(45)46)12-32(31)44(33)19-26-9-10-47-26/h2-4,6,8,11-12,14-18,26H,9-10,13,19-20H2,1H3,(H,45,46)/t26-/m0/s1. The van der Waals surface area contributed by atoms with Crippen LogP contribution in [0.15, 0.2) is 73.3 Å². The molecule has 0 aliphatic carbocycles. The number of carboxylic acids is 1. The van der Waals surface area contributed by atoms with E-state index in [0.29, 0.717) is 41.4 Å². The van der Waals surface area contributed by atoms with Crippen molar-refractivity contribution in [2.75, 3.05) is 6.61 Å². The van der Waals surface area contributed by atoms with Crippen molar-refractivity contribution in [3.8, 4) is 29.0 Å². The molecule has 0 unspecified atom stereocenters. The number of aromatic carboxylic acids is 1. The lowest BCUT2D eigenvalue weighted by Crippen LogP contribution is -2.31. The summed E-state index contributed by atoms with van der Waals surface area (Å²) in [5.74, 6) is 4.21. The molecule has 7 rings (SSSR count). The van der Waals surface area contributed by atoms with Gasteiger partial charge in [-0.15, -0.1) is 0 Å². The maximum atomic E-state index is 15.6. The van der Waals surface area contributed by atoms with Crippen molar-refractivity contribution < 1.29 is 28.2 Å². The minimum absolute atomic E-state index is 0.0156. The van der Waals surface area contributed by atoms with Gasteiger partial charge in [0.1, 0.15) is 29.8 Å². The smallest absolute Gasteiger partial charge is 0.335 e. The summed E-state index contributed by atoms with van der Waals surface area (Å²) in [6.45, 7) is 1.11. The zero-order valence-electron chi connectivity index (χ0n) is 25.6. The number of hydrogen-bond acceptors (Lipinski definition) is 8. The Morgan fingerprint density at radius 3 is 2.67 bits per heavy atom. The second-order valence-electron chi connectivity index (χ2n) is 11.2. The number of carboxylic acid groups (broad SMARTS) is 1. The molecule has 1 aliphatic heterocycles. The number of aromatic nitrogens is 7. The predicted molar refractivity (Wildman–Crippen MR) is 169 cm³/mol. The van der Waals surface area contributed by atoms with Crippen LogP contribution in [-0.4, -0.2) is 58.1 Å². The van der Waals surface area contributed by atoms with Gasteiger partial charge < -0.3 is 19.1 Å². The second kappa shape index (κ2) is 13.0. The average molecular weight is 648 g/mol. The third kappa shape index (κ3) is 6.60. The number of imidazole rings is 1. The normalized spacial score (nSPS) is 13.9. The molecule has 1 fully saturated rings. The Kier molecular flexibility index (Phi) is 8.31. The van der Waals surface area contributed by atoms with E-state index >= 15 is 8.78 Å². The van der Waals surface area contributed by atoms with Crippen LogP contribution in [0.2, 0.25) is 0 Å². The first kappa shape index (κ1) is 30.6. The van der Waals surface area contributed by atoms with Crippen LogP contribution < -0.4 is 4.74 Å². The van der Waals surface area contributed by atoms with Gasteiger partial charge in [-0.2, -0.15) is 5.10 Å². The van der Waals surface area contributed by atoms with Crippen LogP contribution in [0, 0.1) is 23.5 Å². The van der Waals surface area contributed by atoms with E-state index < -0.39 is 17.6 Å². The molecule has 0 amide bonds. The molecule has 2 aromatic carbocycles. The number of aryl methyl sites for hydroxylation is 1. The summed E-state index contributed by atoms with van der Waals surface area (Å²) in [7, 11) is 1.81. The van der Waals surface area contributed by atoms with E-state index in [-0.39, 0.29) is 47.4 Å². The van der Waals surface area contributed by atoms with Crippen LogP contribution >= 0.6 is 0 Å². The molecule has 13 heteroatoms. The largest absolute Gasteiger partial charge is 0.478 e. The van der Waals surface area contributed by atoms with Crippen LogP contribution in [0.25, 0.3) is 22.3 Å². The fourth-order valence-electron chi connectivity index (χ4n) is 5.28. The van der Waals surface area contributed by atoms with Crippen LogP contribution in [0.4, 0.5) is 8.78 Å². The molecule has 0 radical (unpaired) electrons. The Labute approximate surface area is 272 Å². The molecule has 240 valence electrons. The Hall–Kier alpha value is -6.00. The molecule has 11 nitrogen and oxygen atoms in total. The number of hydrogen-bond donors (Lipinski definition) is 1. The van der Waals surface area contributed by atoms with E-state index in [4.69, 9.17) is 9.47 Å². The van der Waals surface area contributed by atoms with E-state index in [2.05, 4.69) is 36.9 Å². The summed E-state index contributed by atoms with van der Waals surface area (Å²) in [4.78, 5) is 29.2. The van der Waals surface area contributed by atoms with Crippen molar-refractivity contribution in [3.63, 3.8) is 0 Å². The second-order valence-corrected chi connectivity index (χ2v) is 11.2. The number of rotatable bonds is 9. The SMILES string of the molecule is Cn1cc(C#Cc2cnc(COc3cccc(-c4cc(F)c(Cc5nc6ccc(C(=O)O)cc6n5C[C@@H]5CCO5)cc4F)n3)cn2)cn1. The van der Waals surface area contributed by atoms with Crippen molar-refractivity contribution in [2.24, 2.45) is 7.05 Å². The first-order valence-electron chi connectivity index (χ1n) is 15.0. The van der Waals surface area contributed by atoms with Crippen molar-refractivity contribution in [2.45, 2.75) is 32.1 Å². The third-order valence-electron chi connectivity index (χ3n) is 7.85. The first-order chi connectivity index (χ1) is 23.3. The highest BCUT2D eigenvalue weighted by atomic mass is 19.1. The number of benzene rings is 2. The summed E-state index contributed by atoms with van der Waals surface area (Å²) in [5.41, 5.74) is 3.30. The van der Waals surface area contributed by atoms with Crippen LogP contribution in [0.3, 0.4) is 0 Å². The van der Waals surface area contributed by atoms with Gasteiger partial charge in [0.2, 0.25) is 5.88 Å². The van der Waals surface area contributed by atoms with Gasteiger partial charge in [-0.25, -0.2) is 28.5 Å². The fraction of sp³-hybridized carbons (Fsp3) is 0.200. The van der Waals surface area contributed by atoms with Crippen LogP contribution in [0.5, 0.6) is 5.88 Å². The minimum atomic E-state index is -1.07. The minimum Gasteiger partial charge on any atom is -0.478 e. The van der Waals surface area contributed by atoms with Crippen molar-refractivity contribution in [3.05, 3.63) is 119 Å². The molecule has 5 heterocycles. The Morgan fingerprint density at radius 2 is 1.94 bits per heavy atom. The summed E-state index contributed by atoms with van der Waals surface area (Å²) < 4.78 is 46.0. The zero-order chi connectivity index (χ0) is 33.2. The van der Waals surface area contributed by atoms with Gasteiger partial charge in [-0.3, -0.25) is 9.67 Å². The molecule has 48 heavy (non-hydrogen) atoms. The molecule has 6 aromatic rings. The van der Waals surface area contributed by atoms with E-state index in [1.165, 1.54) is 18.3 Å². The predicted octanol–water partition coefficient (Wildman–Crippen LogP) is 4.96. The number of ether oxygens (including phenoxy) is 2. The lowest BCUT2D eigenvalue weighted by Gasteiger charge is -2.27. The number of pyridine rings is 1. The van der Waals surface area contributed by atoms with Gasteiger partial charge in [0.05, 0.1) is 64.8 Å². The van der Waals surface area contributed by atoms with Crippen LogP contribution in [0.1, 0.15) is 45.1 Å². The Morgan fingerprint density at radius 1 is 1.06 bits per heavy atom. The molecule has 4 aromatic heterocycles. The number of fused-ring (bicyclic) bond motifs is 1. The number of nitrogens with zero attached hydrogens (tertiary/aromatic N) is 7. The molecular weight excluding hydrogens is 620 g/mol. The van der Waals surface area contributed by atoms with Gasteiger partial charge in [0.25, 0.3) is 0 Å². The zero-order valence-corrected chi connectivity index (χ0v) is 25.6. The highest BCUT2D eigenvalue weighted by Crippen LogP contribution is 2.29. The number of carbonyl (C=O) groups is 1. The van der Waals surface area contributed by atoms with Gasteiger partial charge in [0.15, 0.2) is 0 Å². The van der Waals surface area contributed by atoms with E-state index in [0.717, 1.165) is 24.1 Å². The fourth-order valence-corrected chi connectivity index (χ4v) is 5.28. The summed E-state index contributed by atoms with van der Waals surface area (Å²) in [5, 5.41) is 13.6. The lowest BCUT2D eigenvalue weighted by molar-refractivity contribution is -0.0589. The topological polar surface area (TPSA) is 130 Å². The summed E-state index contributed by atoms with van der Waals surface area (Å²) in [6.07, 6.45) is 7.29. The molecule has 1 atom stereocenters. The molecule has 0 spiro atoms. The van der Waals surface area contributed by atoms with E-state index in [1.807, 2.05) is 11.6 Å². The van der Waals surface area contributed by atoms with Crippen molar-refractivity contribution in [1.29, 1.82) is 0 Å². The van der Waals surface area contributed by atoms with Crippen molar-refractivity contribution in [1.82, 2.24) is 34.3 Å². The molecule has 1 aliphatic rings. The Bertz CT molecular complexity index is 2220. The van der Waals surface area contributed by atoms with Gasteiger partial charge in [-0.1, -0.05) is 12.0 Å². The maximum Gasteiger partial charge on any atom is 0.335 e. The molecule has 1 saturated heterocycles. The molecular formula is C35H27F2N7O4. The first-order valence-corrected chi connectivity index (χ1v) is 15.0. The van der Waals surface area contributed by atoms with E-state index in [9.17, 15) is 9.90 Å². The molecule has 0 bridgehead atoms. The van der Waals surface area contributed by atoms with Crippen molar-refractivity contribution >= 4 is 17.0 Å². The average Bonchev–Trinajstić information content (AvgIpc) is 3.64. The highest BCUT2D eigenvalue weighted by Gasteiger charge is 2.24. The van der Waals surface area contributed by atoms with Gasteiger partial charge in [-0.05, 0) is 54.3 Å². The third-order valence-corrected chi connectivity index (χ3v) is 7.85. The quantitative estimate of drug-likeness (QED) is 0.217. The summed E-state index contributed by atoms with van der Waals surface area (Å²) in [6, 6.07) is 11.7. The molecule has 0 saturated carbocycles. The number of halogens is 2. The monoisotopic (exact) mass is 647 g/mol. The van der Waals surface area contributed by atoms with E-state index in [1.54, 1.807) is 47.5 Å². The van der Waals surface area contributed by atoms with Gasteiger partial charge in [0, 0.05) is 37.9 Å². The maximum absolute atomic E-state index is 15.6. The lowest BCUT2D eigenvalue weighted by atomic mass is 10.0. The molecule has 1 N–H and O–H groups in total. The van der Waals surface area contributed by atoms with Crippen LogP contribution in [-0.2, 0) is 31.4 Å².